The molecule has 0 saturated heterocycles. The van der Waals surface area contributed by atoms with E-state index in [0.29, 0.717) is 16.9 Å². The van der Waals surface area contributed by atoms with Gasteiger partial charge < -0.3 is 19.3 Å². The SMILES string of the molecule is COc1cccc(C2=CC3C(S2)C(c2cc4ccc(O)cc4n2C(=O)OC(C)(C)C)=NN3C(=O)OC(C)(C)C)c1. The lowest BCUT2D eigenvalue weighted by Gasteiger charge is -2.25. The van der Waals surface area contributed by atoms with Gasteiger partial charge in [-0.05, 0) is 83.5 Å². The number of benzene rings is 2. The van der Waals surface area contributed by atoms with Gasteiger partial charge in [0, 0.05) is 16.4 Å². The first-order valence-corrected chi connectivity index (χ1v) is 13.8. The number of fused-ring (bicyclic) bond motifs is 2. The van der Waals surface area contributed by atoms with E-state index < -0.39 is 29.4 Å². The number of thioether (sulfide) groups is 1. The summed E-state index contributed by atoms with van der Waals surface area (Å²) in [6.45, 7) is 10.8. The Morgan fingerprint density at radius 1 is 0.950 bits per heavy atom. The predicted molar refractivity (Wildman–Crippen MR) is 156 cm³/mol. The number of ether oxygens (including phenoxy) is 3. The molecule has 2 unspecified atom stereocenters. The van der Waals surface area contributed by atoms with Crippen LogP contribution in [0.4, 0.5) is 9.59 Å². The zero-order valence-corrected chi connectivity index (χ0v) is 24.4. The lowest BCUT2D eigenvalue weighted by atomic mass is 10.1. The van der Waals surface area contributed by atoms with Gasteiger partial charge in [-0.15, -0.1) is 11.8 Å². The van der Waals surface area contributed by atoms with Crippen molar-refractivity contribution in [2.75, 3.05) is 7.11 Å². The molecule has 0 radical (unpaired) electrons. The minimum absolute atomic E-state index is 0.0146. The molecular formula is C30H33N3O6S. The number of rotatable bonds is 3. The maximum atomic E-state index is 13.5. The summed E-state index contributed by atoms with van der Waals surface area (Å²) in [5, 5.41) is 16.7. The van der Waals surface area contributed by atoms with E-state index in [0.717, 1.165) is 21.6 Å². The van der Waals surface area contributed by atoms with Crippen LogP contribution < -0.4 is 4.74 Å². The summed E-state index contributed by atoms with van der Waals surface area (Å²) < 4.78 is 18.3. The van der Waals surface area contributed by atoms with E-state index in [1.807, 2.05) is 36.4 Å². The van der Waals surface area contributed by atoms with Crippen molar-refractivity contribution in [1.29, 1.82) is 0 Å². The van der Waals surface area contributed by atoms with E-state index in [1.54, 1.807) is 72.5 Å². The van der Waals surface area contributed by atoms with Crippen LogP contribution in [0.2, 0.25) is 0 Å². The zero-order chi connectivity index (χ0) is 29.0. The highest BCUT2D eigenvalue weighted by molar-refractivity contribution is 8.09. The van der Waals surface area contributed by atoms with Gasteiger partial charge in [0.05, 0.1) is 29.6 Å². The molecule has 9 nitrogen and oxygen atoms in total. The molecule has 2 atom stereocenters. The second kappa shape index (κ2) is 9.92. The van der Waals surface area contributed by atoms with Crippen LogP contribution in [-0.2, 0) is 9.47 Å². The Hall–Kier alpha value is -3.92. The van der Waals surface area contributed by atoms with Crippen molar-refractivity contribution < 1.29 is 28.9 Å². The number of aromatic hydroxyl groups is 1. The molecule has 1 N–H and O–H groups in total. The van der Waals surface area contributed by atoms with Crippen LogP contribution in [0.3, 0.4) is 0 Å². The fraction of sp³-hybridized carbons (Fsp3) is 0.367. The quantitative estimate of drug-likeness (QED) is 0.382. The molecular weight excluding hydrogens is 530 g/mol. The second-order valence-electron chi connectivity index (χ2n) is 11.7. The molecule has 1 aromatic heterocycles. The molecule has 0 spiro atoms. The van der Waals surface area contributed by atoms with Crippen LogP contribution in [0.25, 0.3) is 15.8 Å². The van der Waals surface area contributed by atoms with E-state index in [1.165, 1.54) is 15.6 Å². The highest BCUT2D eigenvalue weighted by Gasteiger charge is 2.47. The number of phenols is 1. The zero-order valence-electron chi connectivity index (χ0n) is 23.6. The van der Waals surface area contributed by atoms with Crippen LogP contribution >= 0.6 is 11.8 Å². The summed E-state index contributed by atoms with van der Waals surface area (Å²) in [5.41, 5.74) is 0.940. The standard InChI is InChI=1S/C30H33N3O6S/c1-29(2,3)38-27(35)32-21-15-19(34)12-11-17(21)14-22(32)25-26-23(33(31-25)28(36)39-30(4,5)6)16-24(40-26)18-9-8-10-20(13-18)37-7/h8-16,23,26,34H,1-7H3. The molecule has 0 aliphatic carbocycles. The fourth-order valence-electron chi connectivity index (χ4n) is 4.64. The molecule has 0 saturated carbocycles. The lowest BCUT2D eigenvalue weighted by molar-refractivity contribution is 0.0234. The number of methoxy groups -OCH3 is 1. The molecule has 0 fully saturated rings. The minimum Gasteiger partial charge on any atom is -0.508 e. The normalized spacial score (nSPS) is 18.8. The third-order valence-electron chi connectivity index (χ3n) is 6.21. The number of carbonyl (C=O) groups is 2. The van der Waals surface area contributed by atoms with Gasteiger partial charge >= 0.3 is 12.2 Å². The number of phenolic OH excluding ortho intramolecular Hbond substituents is 1. The van der Waals surface area contributed by atoms with Crippen LogP contribution in [0.1, 0.15) is 52.8 Å². The molecule has 1 amide bonds. The molecule has 2 aromatic carbocycles. The van der Waals surface area contributed by atoms with E-state index in [4.69, 9.17) is 19.3 Å². The molecule has 5 rings (SSSR count). The lowest BCUT2D eigenvalue weighted by Crippen LogP contribution is -2.39. The van der Waals surface area contributed by atoms with Crippen LogP contribution in [0, 0.1) is 0 Å². The van der Waals surface area contributed by atoms with Gasteiger partial charge in [-0.2, -0.15) is 10.1 Å². The molecule has 3 heterocycles. The number of hydrogen-bond donors (Lipinski definition) is 1. The minimum atomic E-state index is -0.756. The Morgan fingerprint density at radius 2 is 1.65 bits per heavy atom. The Morgan fingerprint density at radius 3 is 2.33 bits per heavy atom. The Labute approximate surface area is 237 Å². The van der Waals surface area contributed by atoms with Gasteiger partial charge in [0.2, 0.25) is 0 Å². The number of amides is 1. The van der Waals surface area contributed by atoms with Gasteiger partial charge in [-0.1, -0.05) is 12.1 Å². The van der Waals surface area contributed by atoms with Crippen molar-refractivity contribution in [1.82, 2.24) is 9.58 Å². The van der Waals surface area contributed by atoms with Gasteiger partial charge in [0.15, 0.2) is 0 Å². The van der Waals surface area contributed by atoms with E-state index >= 15 is 0 Å². The maximum absolute atomic E-state index is 13.5. The first-order valence-electron chi connectivity index (χ1n) is 13.0. The molecule has 10 heteroatoms. The molecule has 40 heavy (non-hydrogen) atoms. The Bertz CT molecular complexity index is 1560. The third-order valence-corrected chi connectivity index (χ3v) is 7.60. The number of aromatic nitrogens is 1. The van der Waals surface area contributed by atoms with Crippen LogP contribution in [0.5, 0.6) is 11.5 Å². The van der Waals surface area contributed by atoms with Crippen molar-refractivity contribution in [2.24, 2.45) is 5.10 Å². The smallest absolute Gasteiger partial charge is 0.431 e. The average Bonchev–Trinajstić information content (AvgIpc) is 3.53. The van der Waals surface area contributed by atoms with Crippen LogP contribution in [-0.4, -0.2) is 62.2 Å². The Kier molecular flexibility index (Phi) is 6.86. The first-order chi connectivity index (χ1) is 18.7. The number of carbonyl (C=O) groups excluding carboxylic acids is 2. The van der Waals surface area contributed by atoms with Gasteiger partial charge in [0.25, 0.3) is 0 Å². The highest BCUT2D eigenvalue weighted by Crippen LogP contribution is 2.47. The summed E-state index contributed by atoms with van der Waals surface area (Å²) in [7, 11) is 1.62. The van der Waals surface area contributed by atoms with Crippen molar-refractivity contribution in [3.63, 3.8) is 0 Å². The van der Waals surface area contributed by atoms with Gasteiger partial charge in [0.1, 0.15) is 28.4 Å². The van der Waals surface area contributed by atoms with Gasteiger partial charge in [-0.25, -0.2) is 14.2 Å². The molecule has 0 bridgehead atoms. The monoisotopic (exact) mass is 563 g/mol. The first kappa shape index (κ1) is 27.6. The summed E-state index contributed by atoms with van der Waals surface area (Å²) in [6, 6.07) is 13.9. The van der Waals surface area contributed by atoms with Crippen molar-refractivity contribution >= 4 is 45.5 Å². The summed E-state index contributed by atoms with van der Waals surface area (Å²) in [5.74, 6) is 0.736. The van der Waals surface area contributed by atoms with E-state index in [-0.39, 0.29) is 11.0 Å². The molecule has 3 aromatic rings. The molecule has 2 aliphatic rings. The summed E-state index contributed by atoms with van der Waals surface area (Å²) in [6.07, 6.45) is 0.803. The largest absolute Gasteiger partial charge is 0.508 e. The molecule has 2 aliphatic heterocycles. The van der Waals surface area contributed by atoms with E-state index in [9.17, 15) is 14.7 Å². The molecule has 210 valence electrons. The average molecular weight is 564 g/mol. The summed E-state index contributed by atoms with van der Waals surface area (Å²) >= 11 is 1.55. The van der Waals surface area contributed by atoms with Gasteiger partial charge in [-0.3, -0.25) is 0 Å². The number of hydrazone groups is 1. The van der Waals surface area contributed by atoms with Crippen molar-refractivity contribution in [3.05, 3.63) is 65.9 Å². The van der Waals surface area contributed by atoms with Crippen molar-refractivity contribution in [3.8, 4) is 11.5 Å². The summed E-state index contributed by atoms with van der Waals surface area (Å²) in [4.78, 5) is 27.8. The fourth-order valence-corrected chi connectivity index (χ4v) is 6.00. The van der Waals surface area contributed by atoms with Crippen LogP contribution in [0.15, 0.2) is 59.7 Å². The van der Waals surface area contributed by atoms with Crippen molar-refractivity contribution in [2.45, 2.75) is 64.0 Å². The van der Waals surface area contributed by atoms with E-state index in [2.05, 4.69) is 0 Å². The maximum Gasteiger partial charge on any atom is 0.431 e. The second-order valence-corrected chi connectivity index (χ2v) is 12.9. The topological polar surface area (TPSA) is 103 Å². The number of hydrogen-bond acceptors (Lipinski definition) is 8. The highest BCUT2D eigenvalue weighted by atomic mass is 32.2. The third kappa shape index (κ3) is 5.40. The number of nitrogens with zero attached hydrogens (tertiary/aromatic N) is 3. The Balaban J connectivity index is 1.64. The predicted octanol–water partition coefficient (Wildman–Crippen LogP) is 6.62.